The van der Waals surface area contributed by atoms with Gasteiger partial charge >= 0.3 is 0 Å². The lowest BCUT2D eigenvalue weighted by Gasteiger charge is -2.47. The molecule has 4 nitrogen and oxygen atoms in total. The van der Waals surface area contributed by atoms with Gasteiger partial charge in [0.15, 0.2) is 0 Å². The van der Waals surface area contributed by atoms with E-state index in [9.17, 15) is 4.79 Å². The molecule has 2 bridgehead atoms. The van der Waals surface area contributed by atoms with Gasteiger partial charge in [-0.2, -0.15) is 11.8 Å². The number of primary amides is 1. The average Bonchev–Trinajstić information content (AvgIpc) is 2.87. The first-order valence-electron chi connectivity index (χ1n) is 7.84. The molecular formula is C17H21N3OS. The van der Waals surface area contributed by atoms with Crippen molar-refractivity contribution in [1.82, 2.24) is 9.47 Å². The van der Waals surface area contributed by atoms with Crippen molar-refractivity contribution in [2.24, 2.45) is 5.73 Å². The van der Waals surface area contributed by atoms with Crippen LogP contribution in [0.25, 0.3) is 10.9 Å². The van der Waals surface area contributed by atoms with Crippen molar-refractivity contribution in [3.8, 4) is 0 Å². The Morgan fingerprint density at radius 3 is 2.55 bits per heavy atom. The summed E-state index contributed by atoms with van der Waals surface area (Å²) in [7, 11) is 2.26. The normalized spacial score (nSPS) is 28.9. The van der Waals surface area contributed by atoms with Crippen LogP contribution < -0.4 is 5.73 Å². The fraction of sp³-hybridized carbons (Fsp3) is 0.471. The second-order valence-electron chi connectivity index (χ2n) is 6.47. The summed E-state index contributed by atoms with van der Waals surface area (Å²) < 4.78 is 2.30. The minimum Gasteiger partial charge on any atom is -0.366 e. The molecule has 0 spiro atoms. The SMILES string of the molecule is CN1C2CSCC1CC(n1cc(C(N)=O)c3ccccc31)C2. The van der Waals surface area contributed by atoms with E-state index in [0.29, 0.717) is 23.7 Å². The summed E-state index contributed by atoms with van der Waals surface area (Å²) in [5, 5.41) is 0.980. The number of nitrogens with two attached hydrogens (primary N) is 1. The molecule has 0 radical (unpaired) electrons. The van der Waals surface area contributed by atoms with Gasteiger partial charge in [0.2, 0.25) is 0 Å². The molecule has 0 aliphatic carbocycles. The van der Waals surface area contributed by atoms with Crippen molar-refractivity contribution in [3.63, 3.8) is 0 Å². The number of amides is 1. The fourth-order valence-electron chi connectivity index (χ4n) is 4.00. The van der Waals surface area contributed by atoms with Crippen molar-refractivity contribution in [2.75, 3.05) is 18.6 Å². The molecule has 2 aliphatic heterocycles. The number of carbonyl (C=O) groups is 1. The molecule has 2 N–H and O–H groups in total. The van der Waals surface area contributed by atoms with E-state index in [1.807, 2.05) is 24.4 Å². The van der Waals surface area contributed by atoms with Gasteiger partial charge in [-0.3, -0.25) is 9.69 Å². The quantitative estimate of drug-likeness (QED) is 0.926. The summed E-state index contributed by atoms with van der Waals surface area (Å²) in [5.41, 5.74) is 7.36. The Morgan fingerprint density at radius 2 is 1.86 bits per heavy atom. The Bertz CT molecular complexity index is 712. The summed E-state index contributed by atoms with van der Waals surface area (Å²) in [6.45, 7) is 0. The third kappa shape index (κ3) is 2.15. The lowest BCUT2D eigenvalue weighted by Crippen LogP contribution is -2.52. The number of benzene rings is 1. The van der Waals surface area contributed by atoms with Crippen LogP contribution in [0.15, 0.2) is 30.5 Å². The van der Waals surface area contributed by atoms with E-state index >= 15 is 0 Å². The molecule has 1 amide bonds. The van der Waals surface area contributed by atoms with Gasteiger partial charge in [-0.15, -0.1) is 0 Å². The van der Waals surface area contributed by atoms with Gasteiger partial charge in [0.25, 0.3) is 5.91 Å². The third-order valence-electron chi connectivity index (χ3n) is 5.26. The largest absolute Gasteiger partial charge is 0.366 e. The predicted molar refractivity (Wildman–Crippen MR) is 91.4 cm³/mol. The van der Waals surface area contributed by atoms with Gasteiger partial charge in [0.05, 0.1) is 5.56 Å². The van der Waals surface area contributed by atoms with Crippen LogP contribution in [0.3, 0.4) is 0 Å². The van der Waals surface area contributed by atoms with Gasteiger partial charge in [-0.25, -0.2) is 0 Å². The van der Waals surface area contributed by atoms with Gasteiger partial charge in [0, 0.05) is 46.7 Å². The van der Waals surface area contributed by atoms with Crippen LogP contribution in [0.4, 0.5) is 0 Å². The number of aromatic nitrogens is 1. The van der Waals surface area contributed by atoms with Crippen molar-refractivity contribution in [2.45, 2.75) is 31.0 Å². The number of nitrogens with zero attached hydrogens (tertiary/aromatic N) is 2. The van der Waals surface area contributed by atoms with Crippen molar-refractivity contribution in [3.05, 3.63) is 36.0 Å². The van der Waals surface area contributed by atoms with Gasteiger partial charge in [-0.1, -0.05) is 18.2 Å². The predicted octanol–water partition coefficient (Wildman–Crippen LogP) is 2.49. The zero-order chi connectivity index (χ0) is 15.3. The number of thioether (sulfide) groups is 1. The van der Waals surface area contributed by atoms with Crippen LogP contribution in [0.5, 0.6) is 0 Å². The Hall–Kier alpha value is -1.46. The zero-order valence-electron chi connectivity index (χ0n) is 12.7. The molecule has 2 aromatic rings. The lowest BCUT2D eigenvalue weighted by molar-refractivity contribution is 0.0994. The second kappa shape index (κ2) is 5.32. The number of carbonyl (C=O) groups excluding carboxylic acids is 1. The molecule has 4 rings (SSSR count). The number of piperidine rings is 1. The summed E-state index contributed by atoms with van der Waals surface area (Å²) in [6.07, 6.45) is 4.28. The molecule has 1 aromatic carbocycles. The molecule has 2 aliphatic rings. The highest BCUT2D eigenvalue weighted by Crippen LogP contribution is 2.39. The van der Waals surface area contributed by atoms with Crippen molar-refractivity contribution in [1.29, 1.82) is 0 Å². The molecule has 2 unspecified atom stereocenters. The standard InChI is InChI=1S/C17H21N3OS/c1-19-12-6-11(7-13(19)10-22-9-12)20-8-15(17(18)21)14-4-2-3-5-16(14)20/h2-5,8,11-13H,6-7,9-10H2,1H3,(H2,18,21). The van der Waals surface area contributed by atoms with Crippen LogP contribution in [-0.2, 0) is 0 Å². The van der Waals surface area contributed by atoms with Gasteiger partial charge in [0.1, 0.15) is 0 Å². The Morgan fingerprint density at radius 1 is 1.18 bits per heavy atom. The highest BCUT2D eigenvalue weighted by atomic mass is 32.2. The van der Waals surface area contributed by atoms with Crippen LogP contribution in [0.2, 0.25) is 0 Å². The van der Waals surface area contributed by atoms with E-state index in [0.717, 1.165) is 23.7 Å². The maximum absolute atomic E-state index is 11.8. The summed E-state index contributed by atoms with van der Waals surface area (Å²) in [4.78, 5) is 14.3. The number of hydrogen-bond donors (Lipinski definition) is 1. The molecule has 116 valence electrons. The monoisotopic (exact) mass is 315 g/mol. The highest BCUT2D eigenvalue weighted by Gasteiger charge is 2.37. The first-order valence-corrected chi connectivity index (χ1v) is 8.99. The number of hydrogen-bond acceptors (Lipinski definition) is 3. The molecule has 2 atom stereocenters. The van der Waals surface area contributed by atoms with Crippen LogP contribution >= 0.6 is 11.8 Å². The smallest absolute Gasteiger partial charge is 0.250 e. The van der Waals surface area contributed by atoms with E-state index in [1.165, 1.54) is 11.5 Å². The lowest BCUT2D eigenvalue weighted by atomic mass is 9.92. The van der Waals surface area contributed by atoms with Crippen molar-refractivity contribution < 1.29 is 4.79 Å². The first-order chi connectivity index (χ1) is 10.6. The Labute approximate surface area is 134 Å². The highest BCUT2D eigenvalue weighted by molar-refractivity contribution is 7.99. The summed E-state index contributed by atoms with van der Waals surface area (Å²) >= 11 is 2.08. The molecule has 22 heavy (non-hydrogen) atoms. The maximum atomic E-state index is 11.8. The van der Waals surface area contributed by atoms with E-state index in [-0.39, 0.29) is 5.91 Å². The molecule has 0 saturated carbocycles. The molecule has 3 heterocycles. The zero-order valence-corrected chi connectivity index (χ0v) is 13.6. The molecule has 2 fully saturated rings. The molecule has 2 saturated heterocycles. The topological polar surface area (TPSA) is 51.3 Å². The first kappa shape index (κ1) is 14.2. The van der Waals surface area contributed by atoms with E-state index in [2.05, 4.69) is 34.3 Å². The van der Waals surface area contributed by atoms with Crippen LogP contribution in [0, 0.1) is 0 Å². The minimum atomic E-state index is -0.335. The fourth-order valence-corrected chi connectivity index (χ4v) is 5.42. The molecular weight excluding hydrogens is 294 g/mol. The van der Waals surface area contributed by atoms with Gasteiger partial charge < -0.3 is 10.3 Å². The minimum absolute atomic E-state index is 0.335. The number of para-hydroxylation sites is 1. The van der Waals surface area contributed by atoms with Crippen LogP contribution in [-0.4, -0.2) is 46.0 Å². The number of fused-ring (bicyclic) bond motifs is 3. The Kier molecular flexibility index (Phi) is 3.42. The van der Waals surface area contributed by atoms with E-state index in [4.69, 9.17) is 5.73 Å². The Balaban J connectivity index is 1.77. The molecule has 1 aromatic heterocycles. The van der Waals surface area contributed by atoms with Crippen molar-refractivity contribution >= 4 is 28.6 Å². The maximum Gasteiger partial charge on any atom is 0.250 e. The summed E-state index contributed by atoms with van der Waals surface area (Å²) in [5.74, 6) is 2.09. The number of rotatable bonds is 2. The molecule has 5 heteroatoms. The van der Waals surface area contributed by atoms with Crippen LogP contribution in [0.1, 0.15) is 29.2 Å². The third-order valence-corrected chi connectivity index (χ3v) is 6.50. The van der Waals surface area contributed by atoms with Gasteiger partial charge in [-0.05, 0) is 26.0 Å². The summed E-state index contributed by atoms with van der Waals surface area (Å²) in [6, 6.07) is 9.85. The van der Waals surface area contributed by atoms with E-state index in [1.54, 1.807) is 0 Å². The second-order valence-corrected chi connectivity index (χ2v) is 7.54. The van der Waals surface area contributed by atoms with E-state index < -0.39 is 0 Å². The average molecular weight is 315 g/mol.